The van der Waals surface area contributed by atoms with Crippen molar-refractivity contribution in [3.63, 3.8) is 0 Å². The lowest BCUT2D eigenvalue weighted by molar-refractivity contribution is -0.124. The number of pyridine rings is 1. The smallest absolute Gasteiger partial charge is 0.250 e. The number of aromatic nitrogens is 1. The second kappa shape index (κ2) is 7.89. The standard InChI is InChI=1S/C20H25ClN4O2/c21-15-11-17-19(23-12-15)24-10-4-7-16(24)20(27)25(17)13-18(26)22-9-8-14-5-2-1-3-6-14/h5,11-12,16H,1-4,6-10,13H2,(H,22,26). The van der Waals surface area contributed by atoms with E-state index in [-0.39, 0.29) is 24.4 Å². The van der Waals surface area contributed by atoms with Crippen LogP contribution in [-0.2, 0) is 9.59 Å². The van der Waals surface area contributed by atoms with E-state index in [4.69, 9.17) is 11.6 Å². The highest BCUT2D eigenvalue weighted by Crippen LogP contribution is 2.39. The van der Waals surface area contributed by atoms with Gasteiger partial charge in [-0.15, -0.1) is 0 Å². The van der Waals surface area contributed by atoms with Gasteiger partial charge in [-0.05, 0) is 51.0 Å². The molecular weight excluding hydrogens is 364 g/mol. The van der Waals surface area contributed by atoms with E-state index in [1.807, 2.05) is 4.90 Å². The van der Waals surface area contributed by atoms with Crippen LogP contribution < -0.4 is 15.1 Å². The van der Waals surface area contributed by atoms with E-state index in [0.29, 0.717) is 17.3 Å². The first-order valence-corrected chi connectivity index (χ1v) is 10.2. The van der Waals surface area contributed by atoms with Crippen molar-refractivity contribution in [1.29, 1.82) is 0 Å². The summed E-state index contributed by atoms with van der Waals surface area (Å²) >= 11 is 6.11. The van der Waals surface area contributed by atoms with Gasteiger partial charge in [0.25, 0.3) is 0 Å². The largest absolute Gasteiger partial charge is 0.354 e. The van der Waals surface area contributed by atoms with E-state index >= 15 is 0 Å². The fraction of sp³-hybridized carbons (Fsp3) is 0.550. The number of hydrogen-bond acceptors (Lipinski definition) is 4. The number of halogens is 1. The molecule has 3 aliphatic rings. The minimum absolute atomic E-state index is 0.0112. The van der Waals surface area contributed by atoms with Crippen LogP contribution in [0.2, 0.25) is 5.02 Å². The molecule has 1 aromatic heterocycles. The minimum Gasteiger partial charge on any atom is -0.354 e. The molecule has 1 fully saturated rings. The van der Waals surface area contributed by atoms with Gasteiger partial charge >= 0.3 is 0 Å². The Balaban J connectivity index is 1.43. The van der Waals surface area contributed by atoms with E-state index < -0.39 is 0 Å². The number of carbonyl (C=O) groups excluding carboxylic acids is 2. The zero-order valence-corrected chi connectivity index (χ0v) is 16.2. The van der Waals surface area contributed by atoms with Crippen LogP contribution in [0.25, 0.3) is 0 Å². The van der Waals surface area contributed by atoms with Gasteiger partial charge in [0.2, 0.25) is 11.8 Å². The summed E-state index contributed by atoms with van der Waals surface area (Å²) in [5, 5.41) is 3.43. The molecule has 1 aliphatic carbocycles. The predicted octanol–water partition coefficient (Wildman–Crippen LogP) is 3.06. The van der Waals surface area contributed by atoms with Crippen LogP contribution in [0.5, 0.6) is 0 Å². The SMILES string of the molecule is O=C(CN1C(=O)C2CCCN2c2ncc(Cl)cc21)NCCC1=CCCCC1. The van der Waals surface area contributed by atoms with Crippen molar-refractivity contribution in [2.45, 2.75) is 51.0 Å². The number of fused-ring (bicyclic) bond motifs is 3. The zero-order valence-electron chi connectivity index (χ0n) is 15.4. The van der Waals surface area contributed by atoms with E-state index in [9.17, 15) is 9.59 Å². The van der Waals surface area contributed by atoms with E-state index in [2.05, 4.69) is 16.4 Å². The molecule has 0 aromatic carbocycles. The quantitative estimate of drug-likeness (QED) is 0.787. The van der Waals surface area contributed by atoms with Crippen molar-refractivity contribution >= 4 is 34.9 Å². The second-order valence-electron chi connectivity index (χ2n) is 7.48. The molecular formula is C20H25ClN4O2. The monoisotopic (exact) mass is 388 g/mol. The lowest BCUT2D eigenvalue weighted by Crippen LogP contribution is -2.53. The second-order valence-corrected chi connectivity index (χ2v) is 7.92. The summed E-state index contributed by atoms with van der Waals surface area (Å²) in [5.74, 6) is 0.577. The Kier molecular flexibility index (Phi) is 5.34. The van der Waals surface area contributed by atoms with Gasteiger partial charge in [-0.3, -0.25) is 14.5 Å². The van der Waals surface area contributed by atoms with Crippen molar-refractivity contribution in [3.8, 4) is 0 Å². The molecule has 27 heavy (non-hydrogen) atoms. The first kappa shape index (κ1) is 18.3. The van der Waals surface area contributed by atoms with Crippen LogP contribution in [-0.4, -0.2) is 42.5 Å². The maximum Gasteiger partial charge on any atom is 0.250 e. The molecule has 1 atom stereocenters. The molecule has 1 N–H and O–H groups in total. The fourth-order valence-corrected chi connectivity index (χ4v) is 4.43. The van der Waals surface area contributed by atoms with E-state index in [1.165, 1.54) is 18.4 Å². The average Bonchev–Trinajstić information content (AvgIpc) is 3.16. The molecule has 2 amide bonds. The maximum absolute atomic E-state index is 13.0. The lowest BCUT2D eigenvalue weighted by atomic mass is 9.97. The zero-order chi connectivity index (χ0) is 18.8. The van der Waals surface area contributed by atoms with Crippen molar-refractivity contribution < 1.29 is 9.59 Å². The Bertz CT molecular complexity index is 779. The molecule has 144 valence electrons. The summed E-state index contributed by atoms with van der Waals surface area (Å²) in [5.41, 5.74) is 2.06. The van der Waals surface area contributed by atoms with Crippen molar-refractivity contribution in [3.05, 3.63) is 28.9 Å². The van der Waals surface area contributed by atoms with E-state index in [1.54, 1.807) is 17.2 Å². The van der Waals surface area contributed by atoms with Crippen LogP contribution in [0.15, 0.2) is 23.9 Å². The summed E-state index contributed by atoms with van der Waals surface area (Å²) in [4.78, 5) is 33.5. The van der Waals surface area contributed by atoms with Crippen molar-refractivity contribution in [2.75, 3.05) is 29.4 Å². The summed E-state index contributed by atoms with van der Waals surface area (Å²) < 4.78 is 0. The third-order valence-corrected chi connectivity index (χ3v) is 5.84. The average molecular weight is 389 g/mol. The number of hydrogen-bond donors (Lipinski definition) is 1. The summed E-state index contributed by atoms with van der Waals surface area (Å²) in [6.07, 6.45) is 11.3. The number of nitrogens with one attached hydrogen (secondary N) is 1. The first-order chi connectivity index (χ1) is 13.1. The van der Waals surface area contributed by atoms with Crippen LogP contribution in [0, 0.1) is 0 Å². The Morgan fingerprint density at radius 1 is 1.33 bits per heavy atom. The Labute approximate surface area is 164 Å². The first-order valence-electron chi connectivity index (χ1n) is 9.81. The minimum atomic E-state index is -0.216. The van der Waals surface area contributed by atoms with E-state index in [0.717, 1.165) is 44.5 Å². The Hall–Kier alpha value is -2.08. The molecule has 4 rings (SSSR count). The highest BCUT2D eigenvalue weighted by molar-refractivity contribution is 6.31. The van der Waals surface area contributed by atoms with Gasteiger partial charge < -0.3 is 10.2 Å². The van der Waals surface area contributed by atoms with Gasteiger partial charge in [0.1, 0.15) is 12.6 Å². The summed E-state index contributed by atoms with van der Waals surface area (Å²) in [7, 11) is 0. The van der Waals surface area contributed by atoms with Gasteiger partial charge in [0, 0.05) is 19.3 Å². The van der Waals surface area contributed by atoms with Gasteiger partial charge in [0.15, 0.2) is 5.82 Å². The molecule has 1 aromatic rings. The topological polar surface area (TPSA) is 65.5 Å². The molecule has 0 saturated carbocycles. The molecule has 1 saturated heterocycles. The number of allylic oxidation sites excluding steroid dienone is 1. The van der Waals surface area contributed by atoms with Crippen LogP contribution >= 0.6 is 11.6 Å². The molecule has 7 heteroatoms. The Morgan fingerprint density at radius 3 is 3.04 bits per heavy atom. The normalized spacial score (nSPS) is 21.6. The molecule has 0 spiro atoms. The lowest BCUT2D eigenvalue weighted by Gasteiger charge is -2.38. The Morgan fingerprint density at radius 2 is 2.22 bits per heavy atom. The number of carbonyl (C=O) groups is 2. The number of amides is 2. The summed E-state index contributed by atoms with van der Waals surface area (Å²) in [6.45, 7) is 1.44. The number of nitrogens with zero attached hydrogens (tertiary/aromatic N) is 3. The van der Waals surface area contributed by atoms with Crippen LogP contribution in [0.4, 0.5) is 11.5 Å². The third kappa shape index (κ3) is 3.81. The highest BCUT2D eigenvalue weighted by Gasteiger charge is 2.42. The molecule has 1 unspecified atom stereocenters. The third-order valence-electron chi connectivity index (χ3n) is 5.64. The number of anilines is 2. The molecule has 3 heterocycles. The molecule has 0 bridgehead atoms. The maximum atomic E-state index is 13.0. The van der Waals surface area contributed by atoms with Crippen LogP contribution in [0.1, 0.15) is 44.9 Å². The molecule has 0 radical (unpaired) electrons. The van der Waals surface area contributed by atoms with Crippen LogP contribution in [0.3, 0.4) is 0 Å². The number of rotatable bonds is 5. The summed E-state index contributed by atoms with van der Waals surface area (Å²) in [6, 6.07) is 1.52. The van der Waals surface area contributed by atoms with Gasteiger partial charge in [-0.1, -0.05) is 23.3 Å². The molecule has 2 aliphatic heterocycles. The van der Waals surface area contributed by atoms with Gasteiger partial charge in [-0.2, -0.15) is 0 Å². The van der Waals surface area contributed by atoms with Gasteiger partial charge in [-0.25, -0.2) is 4.98 Å². The van der Waals surface area contributed by atoms with Gasteiger partial charge in [0.05, 0.1) is 10.7 Å². The van der Waals surface area contributed by atoms with Crippen molar-refractivity contribution in [1.82, 2.24) is 10.3 Å². The predicted molar refractivity (Wildman–Crippen MR) is 106 cm³/mol. The van der Waals surface area contributed by atoms with Crippen molar-refractivity contribution in [2.24, 2.45) is 0 Å². The fourth-order valence-electron chi connectivity index (χ4n) is 4.27. The highest BCUT2D eigenvalue weighted by atomic mass is 35.5. The molecule has 6 nitrogen and oxygen atoms in total.